The highest BCUT2D eigenvalue weighted by atomic mass is 16.3. The van der Waals surface area contributed by atoms with E-state index in [9.17, 15) is 9.90 Å². The maximum atomic E-state index is 12.7. The topological polar surface area (TPSA) is 87.1 Å². The molecule has 0 saturated heterocycles. The van der Waals surface area contributed by atoms with Gasteiger partial charge in [0.25, 0.3) is 5.91 Å². The van der Waals surface area contributed by atoms with Crippen molar-refractivity contribution in [1.82, 2.24) is 15.3 Å². The highest BCUT2D eigenvalue weighted by molar-refractivity contribution is 5.98. The monoisotopic (exact) mass is 390 g/mol. The van der Waals surface area contributed by atoms with Crippen molar-refractivity contribution in [2.75, 3.05) is 11.9 Å². The van der Waals surface area contributed by atoms with E-state index in [1.165, 1.54) is 12.8 Å². The van der Waals surface area contributed by atoms with Crippen LogP contribution in [0.4, 0.5) is 5.95 Å². The Morgan fingerprint density at radius 1 is 1.14 bits per heavy atom. The maximum absolute atomic E-state index is 12.7. The summed E-state index contributed by atoms with van der Waals surface area (Å²) in [6.07, 6.45) is 7.14. The Balaban J connectivity index is 1.47. The molecule has 4 rings (SSSR count). The predicted octanol–water partition coefficient (Wildman–Crippen LogP) is 3.32. The summed E-state index contributed by atoms with van der Waals surface area (Å²) in [6.45, 7) is -0.119. The van der Waals surface area contributed by atoms with Gasteiger partial charge in [0, 0.05) is 23.2 Å². The second-order valence-corrected chi connectivity index (χ2v) is 7.64. The van der Waals surface area contributed by atoms with Gasteiger partial charge in [-0.1, -0.05) is 49.2 Å². The minimum atomic E-state index is -0.342. The number of nitrogens with one attached hydrogen (secondary N) is 2. The Kier molecular flexibility index (Phi) is 6.00. The number of carbonyl (C=O) groups excluding carboxylic acids is 1. The fourth-order valence-corrected chi connectivity index (χ4v) is 3.82. The quantitative estimate of drug-likeness (QED) is 0.576. The molecule has 1 aliphatic carbocycles. The SMILES string of the molecule is O=C(N[C@H](CO)Cc1ccccc1)c1ccc2cnc(NC3CCCC3)nc2c1. The summed E-state index contributed by atoms with van der Waals surface area (Å²) in [5, 5.41) is 16.9. The smallest absolute Gasteiger partial charge is 0.251 e. The Hall–Kier alpha value is -2.99. The molecule has 150 valence electrons. The Labute approximate surface area is 170 Å². The minimum Gasteiger partial charge on any atom is -0.394 e. The van der Waals surface area contributed by atoms with E-state index in [0.717, 1.165) is 29.3 Å². The summed E-state index contributed by atoms with van der Waals surface area (Å²) < 4.78 is 0. The molecule has 1 aromatic heterocycles. The van der Waals surface area contributed by atoms with Crippen molar-refractivity contribution in [3.63, 3.8) is 0 Å². The van der Waals surface area contributed by atoms with Gasteiger partial charge >= 0.3 is 0 Å². The van der Waals surface area contributed by atoms with Gasteiger partial charge in [0.2, 0.25) is 5.95 Å². The summed E-state index contributed by atoms with van der Waals surface area (Å²) in [5.74, 6) is 0.394. The molecule has 1 amide bonds. The fourth-order valence-electron chi connectivity index (χ4n) is 3.82. The van der Waals surface area contributed by atoms with Crippen LogP contribution in [0.25, 0.3) is 10.9 Å². The first kappa shape index (κ1) is 19.3. The molecule has 3 N–H and O–H groups in total. The number of aromatic nitrogens is 2. The molecule has 1 saturated carbocycles. The first-order chi connectivity index (χ1) is 14.2. The molecule has 0 bridgehead atoms. The first-order valence-electron chi connectivity index (χ1n) is 10.2. The van der Waals surface area contributed by atoms with Crippen LogP contribution in [0.1, 0.15) is 41.6 Å². The van der Waals surface area contributed by atoms with Gasteiger partial charge < -0.3 is 15.7 Å². The van der Waals surface area contributed by atoms with Crippen molar-refractivity contribution < 1.29 is 9.90 Å². The van der Waals surface area contributed by atoms with Gasteiger partial charge in [-0.3, -0.25) is 4.79 Å². The van der Waals surface area contributed by atoms with Crippen LogP contribution in [0, 0.1) is 0 Å². The summed E-state index contributed by atoms with van der Waals surface area (Å²) in [4.78, 5) is 21.7. The molecule has 0 spiro atoms. The lowest BCUT2D eigenvalue weighted by atomic mass is 10.1. The average molecular weight is 390 g/mol. The number of nitrogens with zero attached hydrogens (tertiary/aromatic N) is 2. The molecular formula is C23H26N4O2. The zero-order chi connectivity index (χ0) is 20.1. The second kappa shape index (κ2) is 9.01. The average Bonchev–Trinajstić information content (AvgIpc) is 3.26. The fraction of sp³-hybridized carbons (Fsp3) is 0.348. The molecule has 3 aromatic rings. The molecule has 1 fully saturated rings. The first-order valence-corrected chi connectivity index (χ1v) is 10.2. The Morgan fingerprint density at radius 2 is 1.93 bits per heavy atom. The van der Waals surface area contributed by atoms with Crippen LogP contribution in [0.3, 0.4) is 0 Å². The van der Waals surface area contributed by atoms with Gasteiger partial charge in [-0.25, -0.2) is 9.97 Å². The molecule has 0 radical (unpaired) electrons. The summed E-state index contributed by atoms with van der Waals surface area (Å²) >= 11 is 0. The Morgan fingerprint density at radius 3 is 2.69 bits per heavy atom. The van der Waals surface area contributed by atoms with Gasteiger partial charge in [-0.15, -0.1) is 0 Å². The van der Waals surface area contributed by atoms with Crippen LogP contribution < -0.4 is 10.6 Å². The highest BCUT2D eigenvalue weighted by Crippen LogP contribution is 2.22. The molecule has 0 unspecified atom stereocenters. The predicted molar refractivity (Wildman–Crippen MR) is 114 cm³/mol. The highest BCUT2D eigenvalue weighted by Gasteiger charge is 2.17. The van der Waals surface area contributed by atoms with Crippen LogP contribution >= 0.6 is 0 Å². The molecule has 0 aliphatic heterocycles. The van der Waals surface area contributed by atoms with Crippen molar-refractivity contribution in [2.45, 2.75) is 44.2 Å². The van der Waals surface area contributed by atoms with Gasteiger partial charge in [-0.2, -0.15) is 0 Å². The van der Waals surface area contributed by atoms with Gasteiger partial charge in [0.05, 0.1) is 18.2 Å². The van der Waals surface area contributed by atoms with Crippen molar-refractivity contribution in [2.24, 2.45) is 0 Å². The number of benzene rings is 2. The van der Waals surface area contributed by atoms with E-state index in [0.29, 0.717) is 24.0 Å². The Bertz CT molecular complexity index is 971. The number of anilines is 1. The van der Waals surface area contributed by atoms with E-state index in [4.69, 9.17) is 0 Å². The van der Waals surface area contributed by atoms with E-state index in [1.54, 1.807) is 18.3 Å². The molecular weight excluding hydrogens is 364 g/mol. The number of amides is 1. The van der Waals surface area contributed by atoms with Crippen LogP contribution in [0.2, 0.25) is 0 Å². The van der Waals surface area contributed by atoms with Crippen molar-refractivity contribution >= 4 is 22.8 Å². The molecule has 1 aliphatic rings. The number of hydrogen-bond donors (Lipinski definition) is 3. The number of aliphatic hydroxyl groups excluding tert-OH is 1. The van der Waals surface area contributed by atoms with Crippen molar-refractivity contribution in [3.05, 3.63) is 65.9 Å². The van der Waals surface area contributed by atoms with Crippen LogP contribution in [0.15, 0.2) is 54.7 Å². The standard InChI is InChI=1S/C23H26N4O2/c28-15-20(12-16-6-2-1-3-7-16)25-22(29)17-10-11-18-14-24-23(27-21(18)13-17)26-19-8-4-5-9-19/h1-3,6-7,10-11,13-14,19-20,28H,4-5,8-9,12,15H2,(H,25,29)(H,24,26,27)/t20-/m0/s1. The van der Waals surface area contributed by atoms with E-state index < -0.39 is 0 Å². The molecule has 6 heteroatoms. The van der Waals surface area contributed by atoms with E-state index in [1.807, 2.05) is 36.4 Å². The lowest BCUT2D eigenvalue weighted by Crippen LogP contribution is -2.39. The largest absolute Gasteiger partial charge is 0.394 e. The van der Waals surface area contributed by atoms with Gasteiger partial charge in [0.15, 0.2) is 0 Å². The third-order valence-electron chi connectivity index (χ3n) is 5.41. The van der Waals surface area contributed by atoms with Gasteiger partial charge in [-0.05, 0) is 37.0 Å². The molecule has 29 heavy (non-hydrogen) atoms. The van der Waals surface area contributed by atoms with Crippen LogP contribution in [-0.2, 0) is 6.42 Å². The molecule has 2 aromatic carbocycles. The number of carbonyl (C=O) groups is 1. The zero-order valence-corrected chi connectivity index (χ0v) is 16.3. The van der Waals surface area contributed by atoms with E-state index >= 15 is 0 Å². The number of fused-ring (bicyclic) bond motifs is 1. The van der Waals surface area contributed by atoms with Gasteiger partial charge in [0.1, 0.15) is 0 Å². The number of aliphatic hydroxyl groups is 1. The summed E-state index contributed by atoms with van der Waals surface area (Å²) in [7, 11) is 0. The maximum Gasteiger partial charge on any atom is 0.251 e. The lowest BCUT2D eigenvalue weighted by Gasteiger charge is -2.17. The number of hydrogen-bond acceptors (Lipinski definition) is 5. The molecule has 1 atom stereocenters. The third kappa shape index (κ3) is 4.90. The molecule has 6 nitrogen and oxygen atoms in total. The minimum absolute atomic E-state index is 0.119. The summed E-state index contributed by atoms with van der Waals surface area (Å²) in [6, 6.07) is 15.3. The van der Waals surface area contributed by atoms with Crippen molar-refractivity contribution in [3.8, 4) is 0 Å². The van der Waals surface area contributed by atoms with Crippen LogP contribution in [-0.4, -0.2) is 39.7 Å². The zero-order valence-electron chi connectivity index (χ0n) is 16.3. The lowest BCUT2D eigenvalue weighted by molar-refractivity contribution is 0.0916. The van der Waals surface area contributed by atoms with E-state index in [-0.39, 0.29) is 18.6 Å². The summed E-state index contributed by atoms with van der Waals surface area (Å²) in [5.41, 5.74) is 2.33. The molecule has 1 heterocycles. The van der Waals surface area contributed by atoms with E-state index in [2.05, 4.69) is 20.6 Å². The second-order valence-electron chi connectivity index (χ2n) is 7.64. The van der Waals surface area contributed by atoms with Crippen molar-refractivity contribution in [1.29, 1.82) is 0 Å². The third-order valence-corrected chi connectivity index (χ3v) is 5.41. The number of rotatable bonds is 7. The van der Waals surface area contributed by atoms with Crippen LogP contribution in [0.5, 0.6) is 0 Å². The normalized spacial score (nSPS) is 15.3.